The lowest BCUT2D eigenvalue weighted by molar-refractivity contribution is -0.0198. The molecule has 2 atom stereocenters. The van der Waals surface area contributed by atoms with Gasteiger partial charge in [0.05, 0.1) is 18.0 Å². The predicted octanol–water partition coefficient (Wildman–Crippen LogP) is 1.99. The van der Waals surface area contributed by atoms with E-state index in [0.29, 0.717) is 0 Å². The van der Waals surface area contributed by atoms with Gasteiger partial charge < -0.3 is 9.64 Å². The summed E-state index contributed by atoms with van der Waals surface area (Å²) in [5.74, 6) is 0. The summed E-state index contributed by atoms with van der Waals surface area (Å²) >= 11 is 4.65. The first kappa shape index (κ1) is 11.0. The van der Waals surface area contributed by atoms with Crippen LogP contribution < -0.4 is 0 Å². The van der Waals surface area contributed by atoms with Crippen molar-refractivity contribution in [2.75, 3.05) is 26.7 Å². The largest absolute Gasteiger partial charge is 0.374 e. The van der Waals surface area contributed by atoms with Crippen LogP contribution in [0.3, 0.4) is 0 Å². The number of nitrogens with zero attached hydrogens (tertiary/aromatic N) is 1. The van der Waals surface area contributed by atoms with Crippen molar-refractivity contribution in [2.45, 2.75) is 11.4 Å². The van der Waals surface area contributed by atoms with Gasteiger partial charge in [0.1, 0.15) is 0 Å². The molecule has 1 saturated heterocycles. The Bertz CT molecular complexity index is 304. The molecule has 0 bridgehead atoms. The molecule has 0 radical (unpaired) electrons. The summed E-state index contributed by atoms with van der Waals surface area (Å²) in [4.78, 5) is 2.29. The summed E-state index contributed by atoms with van der Waals surface area (Å²) in [6, 6.07) is 10.3. The van der Waals surface area contributed by atoms with E-state index < -0.39 is 0 Å². The molecular weight excluding hydrogens is 206 g/mol. The van der Waals surface area contributed by atoms with Gasteiger partial charge in [0.2, 0.25) is 0 Å². The van der Waals surface area contributed by atoms with Crippen molar-refractivity contribution in [3.8, 4) is 0 Å². The number of rotatable bonds is 2. The molecule has 0 amide bonds. The number of benzene rings is 1. The van der Waals surface area contributed by atoms with Crippen molar-refractivity contribution in [1.29, 1.82) is 0 Å². The fourth-order valence-electron chi connectivity index (χ4n) is 1.87. The van der Waals surface area contributed by atoms with Gasteiger partial charge in [0, 0.05) is 13.1 Å². The molecule has 1 aliphatic rings. The minimum absolute atomic E-state index is 0.175. The van der Waals surface area contributed by atoms with Gasteiger partial charge in [-0.05, 0) is 12.6 Å². The van der Waals surface area contributed by atoms with E-state index in [1.54, 1.807) is 0 Å². The normalized spacial score (nSPS) is 25.1. The summed E-state index contributed by atoms with van der Waals surface area (Å²) in [7, 11) is 2.13. The molecule has 1 aliphatic heterocycles. The van der Waals surface area contributed by atoms with E-state index in [9.17, 15) is 0 Å². The first-order valence-electron chi connectivity index (χ1n) is 5.30. The van der Waals surface area contributed by atoms with E-state index in [1.807, 2.05) is 18.2 Å². The summed E-state index contributed by atoms with van der Waals surface area (Å²) in [6.45, 7) is 2.79. The third kappa shape index (κ3) is 2.74. The van der Waals surface area contributed by atoms with Crippen LogP contribution in [0.4, 0.5) is 0 Å². The molecule has 3 heteroatoms. The van der Waals surface area contributed by atoms with Gasteiger partial charge in [0.25, 0.3) is 0 Å². The highest BCUT2D eigenvalue weighted by Gasteiger charge is 2.25. The van der Waals surface area contributed by atoms with E-state index in [0.717, 1.165) is 19.7 Å². The smallest absolute Gasteiger partial charge is 0.0859 e. The summed E-state index contributed by atoms with van der Waals surface area (Å²) in [5, 5.41) is 0.175. The fourth-order valence-corrected chi connectivity index (χ4v) is 2.22. The quantitative estimate of drug-likeness (QED) is 0.770. The van der Waals surface area contributed by atoms with Crippen molar-refractivity contribution in [2.24, 2.45) is 0 Å². The minimum atomic E-state index is 0.175. The van der Waals surface area contributed by atoms with Crippen LogP contribution in [0.1, 0.15) is 10.8 Å². The Hall–Kier alpha value is -0.510. The average molecular weight is 223 g/mol. The number of hydrogen-bond donors (Lipinski definition) is 1. The van der Waals surface area contributed by atoms with Crippen LogP contribution in [0.2, 0.25) is 0 Å². The zero-order chi connectivity index (χ0) is 10.7. The summed E-state index contributed by atoms with van der Waals surface area (Å²) in [6.07, 6.45) is 0.203. The molecule has 1 aromatic rings. The van der Waals surface area contributed by atoms with Gasteiger partial charge in [-0.1, -0.05) is 30.3 Å². The molecule has 0 aliphatic carbocycles. The molecule has 1 fully saturated rings. The average Bonchev–Trinajstić information content (AvgIpc) is 2.29. The van der Waals surface area contributed by atoms with Crippen LogP contribution in [0.15, 0.2) is 30.3 Å². The Morgan fingerprint density at radius 2 is 2.13 bits per heavy atom. The Balaban J connectivity index is 2.04. The van der Waals surface area contributed by atoms with E-state index in [-0.39, 0.29) is 11.4 Å². The number of likely N-dealkylation sites (N-methyl/N-ethyl adjacent to an activating group) is 1. The third-order valence-corrected chi connectivity index (χ3v) is 3.42. The minimum Gasteiger partial charge on any atom is -0.374 e. The van der Waals surface area contributed by atoms with E-state index in [4.69, 9.17) is 4.74 Å². The molecule has 0 aromatic heterocycles. The monoisotopic (exact) mass is 223 g/mol. The number of ether oxygens (including phenoxy) is 1. The molecule has 2 rings (SSSR count). The highest BCUT2D eigenvalue weighted by atomic mass is 32.1. The van der Waals surface area contributed by atoms with Crippen LogP contribution >= 0.6 is 12.6 Å². The molecule has 0 saturated carbocycles. The maximum absolute atomic E-state index is 5.75. The summed E-state index contributed by atoms with van der Waals surface area (Å²) < 4.78 is 5.75. The SMILES string of the molecule is CN1CCO[C@H]([C@@H](S)c2ccccc2)C1. The van der Waals surface area contributed by atoms with Gasteiger partial charge in [0.15, 0.2) is 0 Å². The molecule has 0 N–H and O–H groups in total. The highest BCUT2D eigenvalue weighted by molar-refractivity contribution is 7.80. The van der Waals surface area contributed by atoms with Gasteiger partial charge in [-0.2, -0.15) is 12.6 Å². The van der Waals surface area contributed by atoms with Crippen molar-refractivity contribution in [3.05, 3.63) is 35.9 Å². The molecule has 15 heavy (non-hydrogen) atoms. The van der Waals surface area contributed by atoms with E-state index >= 15 is 0 Å². The van der Waals surface area contributed by atoms with Gasteiger partial charge in [-0.25, -0.2) is 0 Å². The molecule has 2 nitrogen and oxygen atoms in total. The van der Waals surface area contributed by atoms with Crippen molar-refractivity contribution in [3.63, 3.8) is 0 Å². The lowest BCUT2D eigenvalue weighted by Crippen LogP contribution is -2.41. The predicted molar refractivity (Wildman–Crippen MR) is 65.4 cm³/mol. The molecule has 1 heterocycles. The van der Waals surface area contributed by atoms with Crippen LogP contribution in [-0.2, 0) is 4.74 Å². The Morgan fingerprint density at radius 1 is 1.40 bits per heavy atom. The molecule has 1 aromatic carbocycles. The summed E-state index contributed by atoms with van der Waals surface area (Å²) in [5.41, 5.74) is 1.24. The second-order valence-corrected chi connectivity index (χ2v) is 4.58. The first-order valence-corrected chi connectivity index (χ1v) is 5.82. The van der Waals surface area contributed by atoms with Gasteiger partial charge in [-0.3, -0.25) is 0 Å². The Labute approximate surface area is 96.6 Å². The van der Waals surface area contributed by atoms with Crippen LogP contribution in [0, 0.1) is 0 Å². The zero-order valence-corrected chi connectivity index (χ0v) is 9.86. The van der Waals surface area contributed by atoms with Crippen molar-refractivity contribution in [1.82, 2.24) is 4.90 Å². The first-order chi connectivity index (χ1) is 7.27. The molecule has 82 valence electrons. The second-order valence-electron chi connectivity index (χ2n) is 4.03. The Morgan fingerprint density at radius 3 is 2.80 bits per heavy atom. The number of hydrogen-bond acceptors (Lipinski definition) is 3. The zero-order valence-electron chi connectivity index (χ0n) is 8.97. The molecular formula is C12H17NOS. The maximum atomic E-state index is 5.75. The molecule has 0 spiro atoms. The number of thiol groups is 1. The van der Waals surface area contributed by atoms with E-state index in [2.05, 4.69) is 36.7 Å². The topological polar surface area (TPSA) is 12.5 Å². The van der Waals surface area contributed by atoms with Crippen molar-refractivity contribution < 1.29 is 4.74 Å². The second kappa shape index (κ2) is 5.01. The van der Waals surface area contributed by atoms with Crippen LogP contribution in [0.25, 0.3) is 0 Å². The number of morpholine rings is 1. The lowest BCUT2D eigenvalue weighted by Gasteiger charge is -2.33. The maximum Gasteiger partial charge on any atom is 0.0859 e. The van der Waals surface area contributed by atoms with Gasteiger partial charge in [-0.15, -0.1) is 0 Å². The van der Waals surface area contributed by atoms with Crippen molar-refractivity contribution >= 4 is 12.6 Å². The third-order valence-electron chi connectivity index (χ3n) is 2.79. The van der Waals surface area contributed by atoms with Crippen LogP contribution in [0.5, 0.6) is 0 Å². The van der Waals surface area contributed by atoms with E-state index in [1.165, 1.54) is 5.56 Å². The lowest BCUT2D eigenvalue weighted by atomic mass is 10.1. The molecule has 0 unspecified atom stereocenters. The fraction of sp³-hybridized carbons (Fsp3) is 0.500. The van der Waals surface area contributed by atoms with Gasteiger partial charge >= 0.3 is 0 Å². The van der Waals surface area contributed by atoms with Crippen LogP contribution in [-0.4, -0.2) is 37.7 Å². The standard InChI is InChI=1S/C12H17NOS/c1-13-7-8-14-11(9-13)12(15)10-5-3-2-4-6-10/h2-6,11-12,15H,7-9H2,1H3/t11-,12-/m0/s1. The highest BCUT2D eigenvalue weighted by Crippen LogP contribution is 2.27. The Kier molecular flexibility index (Phi) is 3.67.